The number of nitrogens with zero attached hydrogens (tertiary/aromatic N) is 2. The lowest BCUT2D eigenvalue weighted by Gasteiger charge is -2.26. The zero-order valence-electron chi connectivity index (χ0n) is 14.8. The van der Waals surface area contributed by atoms with E-state index in [9.17, 15) is 4.79 Å². The molecule has 0 aliphatic heterocycles. The summed E-state index contributed by atoms with van der Waals surface area (Å²) in [7, 11) is 0. The van der Waals surface area contributed by atoms with Crippen LogP contribution in [-0.4, -0.2) is 21.5 Å². The van der Waals surface area contributed by atoms with Gasteiger partial charge in [-0.25, -0.2) is 4.98 Å². The molecule has 0 bridgehead atoms. The minimum atomic E-state index is -0.0458. The summed E-state index contributed by atoms with van der Waals surface area (Å²) in [6.45, 7) is 3.16. The minimum absolute atomic E-state index is 0.0458. The topological polar surface area (TPSA) is 70.7 Å². The highest BCUT2D eigenvalue weighted by Crippen LogP contribution is 2.32. The Bertz CT molecular complexity index is 948. The molecule has 3 aromatic rings. The lowest BCUT2D eigenvalue weighted by atomic mass is 9.90. The van der Waals surface area contributed by atoms with Gasteiger partial charge in [0.25, 0.3) is 5.56 Å². The Balaban J connectivity index is 1.71. The van der Waals surface area contributed by atoms with Gasteiger partial charge in [0.15, 0.2) is 0 Å². The fourth-order valence-corrected chi connectivity index (χ4v) is 4.32. The molecule has 0 saturated carbocycles. The molecule has 1 unspecified atom stereocenters. The molecule has 134 valence electrons. The van der Waals surface area contributed by atoms with E-state index >= 15 is 0 Å². The first-order chi connectivity index (χ1) is 12.8. The molecule has 0 fully saturated rings. The maximum Gasteiger partial charge on any atom is 0.258 e. The molecule has 4 rings (SSSR count). The van der Waals surface area contributed by atoms with E-state index in [1.54, 1.807) is 12.4 Å². The second-order valence-corrected chi connectivity index (χ2v) is 7.48. The number of aryl methyl sites for hydroxylation is 1. The summed E-state index contributed by atoms with van der Waals surface area (Å²) < 4.78 is 0. The average molecular weight is 366 g/mol. The van der Waals surface area contributed by atoms with Gasteiger partial charge in [-0.1, -0.05) is 6.92 Å². The van der Waals surface area contributed by atoms with Crippen LogP contribution in [0.2, 0.25) is 0 Å². The van der Waals surface area contributed by atoms with Gasteiger partial charge in [-0.15, -0.1) is 11.3 Å². The molecule has 26 heavy (non-hydrogen) atoms. The summed E-state index contributed by atoms with van der Waals surface area (Å²) in [6, 6.07) is 6.23. The number of hydrogen-bond acceptors (Lipinski definition) is 5. The van der Waals surface area contributed by atoms with E-state index in [2.05, 4.69) is 28.3 Å². The second kappa shape index (κ2) is 7.51. The first-order valence-electron chi connectivity index (χ1n) is 9.12. The van der Waals surface area contributed by atoms with Crippen LogP contribution in [0.4, 0.5) is 0 Å². The van der Waals surface area contributed by atoms with Crippen molar-refractivity contribution >= 4 is 11.3 Å². The summed E-state index contributed by atoms with van der Waals surface area (Å²) >= 11 is 1.51. The molecular weight excluding hydrogens is 344 g/mol. The molecule has 0 saturated heterocycles. The second-order valence-electron chi connectivity index (χ2n) is 6.62. The van der Waals surface area contributed by atoms with E-state index in [1.165, 1.54) is 16.9 Å². The van der Waals surface area contributed by atoms with Gasteiger partial charge in [-0.3, -0.25) is 9.78 Å². The van der Waals surface area contributed by atoms with E-state index in [0.717, 1.165) is 54.2 Å². The molecule has 0 aromatic carbocycles. The number of hydrogen-bond donors (Lipinski definition) is 2. The van der Waals surface area contributed by atoms with Crippen LogP contribution in [0.15, 0.2) is 40.8 Å². The highest BCUT2D eigenvalue weighted by atomic mass is 32.1. The van der Waals surface area contributed by atoms with E-state index < -0.39 is 0 Å². The largest absolute Gasteiger partial charge is 0.325 e. The molecule has 2 N–H and O–H groups in total. The number of rotatable bonds is 5. The van der Waals surface area contributed by atoms with Crippen molar-refractivity contribution < 1.29 is 0 Å². The number of fused-ring (bicyclic) bond motifs is 1. The van der Waals surface area contributed by atoms with Crippen molar-refractivity contribution in [3.8, 4) is 21.8 Å². The lowest BCUT2D eigenvalue weighted by Crippen LogP contribution is -2.28. The summed E-state index contributed by atoms with van der Waals surface area (Å²) in [5, 5.41) is 6.37. The number of H-pyrrole nitrogens is 1. The minimum Gasteiger partial charge on any atom is -0.325 e. The first kappa shape index (κ1) is 17.1. The molecule has 5 nitrogen and oxygen atoms in total. The summed E-state index contributed by atoms with van der Waals surface area (Å²) in [5.41, 5.74) is 4.81. The van der Waals surface area contributed by atoms with Gasteiger partial charge in [0.05, 0.1) is 11.3 Å². The van der Waals surface area contributed by atoms with E-state index in [4.69, 9.17) is 4.98 Å². The molecule has 0 spiro atoms. The van der Waals surface area contributed by atoms with Crippen LogP contribution in [-0.2, 0) is 6.42 Å². The Morgan fingerprint density at radius 1 is 1.35 bits per heavy atom. The third-order valence-corrected chi connectivity index (χ3v) is 5.68. The van der Waals surface area contributed by atoms with Crippen LogP contribution in [0.3, 0.4) is 0 Å². The molecule has 1 atom stereocenters. The Kier molecular flexibility index (Phi) is 4.95. The lowest BCUT2D eigenvalue weighted by molar-refractivity contribution is 0.455. The summed E-state index contributed by atoms with van der Waals surface area (Å²) in [5.74, 6) is 0. The zero-order valence-corrected chi connectivity index (χ0v) is 15.6. The smallest absolute Gasteiger partial charge is 0.258 e. The third kappa shape index (κ3) is 3.34. The average Bonchev–Trinajstić information content (AvgIpc) is 3.16. The number of nitrogens with one attached hydrogen (secondary N) is 2. The molecule has 0 amide bonds. The van der Waals surface area contributed by atoms with E-state index in [0.29, 0.717) is 11.6 Å². The monoisotopic (exact) mass is 366 g/mol. The van der Waals surface area contributed by atoms with Gasteiger partial charge in [-0.2, -0.15) is 0 Å². The highest BCUT2D eigenvalue weighted by Gasteiger charge is 2.23. The molecular formula is C20H22N4OS. The maximum atomic E-state index is 12.6. The number of aromatic nitrogens is 3. The fourth-order valence-electron chi connectivity index (χ4n) is 3.48. The molecule has 3 aromatic heterocycles. The Morgan fingerprint density at radius 2 is 2.19 bits per heavy atom. The zero-order chi connectivity index (χ0) is 17.9. The van der Waals surface area contributed by atoms with Crippen molar-refractivity contribution in [2.45, 2.75) is 38.6 Å². The predicted octanol–water partition coefficient (Wildman–Crippen LogP) is 3.94. The van der Waals surface area contributed by atoms with Crippen LogP contribution >= 0.6 is 11.3 Å². The number of pyridine rings is 2. The Hall–Kier alpha value is -2.31. The summed E-state index contributed by atoms with van der Waals surface area (Å²) in [6.07, 6.45) is 7.76. The predicted molar refractivity (Wildman–Crippen MR) is 105 cm³/mol. The van der Waals surface area contributed by atoms with Crippen molar-refractivity contribution in [2.24, 2.45) is 0 Å². The SMILES string of the molecule is CCCNC1CCCc2[nH]c(=O)c(-c3nc(-c4ccncc4)cs3)cc21. The highest BCUT2D eigenvalue weighted by molar-refractivity contribution is 7.13. The van der Waals surface area contributed by atoms with Crippen molar-refractivity contribution in [3.63, 3.8) is 0 Å². The van der Waals surface area contributed by atoms with Crippen LogP contribution in [0, 0.1) is 0 Å². The van der Waals surface area contributed by atoms with Crippen molar-refractivity contribution in [1.82, 2.24) is 20.3 Å². The summed E-state index contributed by atoms with van der Waals surface area (Å²) in [4.78, 5) is 24.5. The number of aromatic amines is 1. The van der Waals surface area contributed by atoms with Crippen LogP contribution in [0.1, 0.15) is 43.5 Å². The van der Waals surface area contributed by atoms with Gasteiger partial charge < -0.3 is 10.3 Å². The molecule has 1 aliphatic carbocycles. The van der Waals surface area contributed by atoms with Gasteiger partial charge in [0, 0.05) is 35.1 Å². The van der Waals surface area contributed by atoms with Crippen molar-refractivity contribution in [2.75, 3.05) is 6.54 Å². The van der Waals surface area contributed by atoms with E-state index in [1.807, 2.05) is 17.5 Å². The van der Waals surface area contributed by atoms with Gasteiger partial charge in [0.1, 0.15) is 5.01 Å². The molecule has 3 heterocycles. The normalized spacial score (nSPS) is 16.4. The molecule has 0 radical (unpaired) electrons. The van der Waals surface area contributed by atoms with Crippen LogP contribution in [0.25, 0.3) is 21.8 Å². The number of thiazole rings is 1. The molecule has 6 heteroatoms. The quantitative estimate of drug-likeness (QED) is 0.717. The van der Waals surface area contributed by atoms with Crippen molar-refractivity contribution in [1.29, 1.82) is 0 Å². The maximum absolute atomic E-state index is 12.6. The standard InChI is InChI=1S/C20H22N4OS/c1-2-8-22-16-4-3-5-17-14(16)11-15(19(25)23-17)20-24-18(12-26-20)13-6-9-21-10-7-13/h6-7,9-12,16,22H,2-5,8H2,1H3,(H,23,25). The van der Waals surface area contributed by atoms with Crippen molar-refractivity contribution in [3.05, 3.63) is 57.6 Å². The van der Waals surface area contributed by atoms with Gasteiger partial charge in [-0.05, 0) is 56.0 Å². The first-order valence-corrected chi connectivity index (χ1v) is 10.00. The Labute approximate surface area is 156 Å². The van der Waals surface area contributed by atoms with E-state index in [-0.39, 0.29) is 5.56 Å². The van der Waals surface area contributed by atoms with Gasteiger partial charge >= 0.3 is 0 Å². The third-order valence-electron chi connectivity index (χ3n) is 4.80. The molecule has 1 aliphatic rings. The Morgan fingerprint density at radius 3 is 3.00 bits per heavy atom. The van der Waals surface area contributed by atoms with Crippen LogP contribution in [0.5, 0.6) is 0 Å². The van der Waals surface area contributed by atoms with Crippen LogP contribution < -0.4 is 10.9 Å². The fraction of sp³-hybridized carbons (Fsp3) is 0.350. The van der Waals surface area contributed by atoms with Gasteiger partial charge in [0.2, 0.25) is 0 Å².